The largest absolute Gasteiger partial charge is 0.492 e. The summed E-state index contributed by atoms with van der Waals surface area (Å²) in [5, 5.41) is 0. The molecule has 0 aliphatic heterocycles. The van der Waals surface area contributed by atoms with E-state index in [0.717, 1.165) is 0 Å². The van der Waals surface area contributed by atoms with Crippen molar-refractivity contribution in [1.82, 2.24) is 0 Å². The fourth-order valence-corrected chi connectivity index (χ4v) is 3.74. The van der Waals surface area contributed by atoms with Gasteiger partial charge in [0.15, 0.2) is 0 Å². The van der Waals surface area contributed by atoms with E-state index in [9.17, 15) is 12.8 Å². The molecule has 0 N–H and O–H groups in total. The highest BCUT2D eigenvalue weighted by Crippen LogP contribution is 2.28. The zero-order valence-corrected chi connectivity index (χ0v) is 13.1. The van der Waals surface area contributed by atoms with Gasteiger partial charge in [-0.2, -0.15) is 0 Å². The Balaban J connectivity index is 2.70. The van der Waals surface area contributed by atoms with Gasteiger partial charge in [-0.25, -0.2) is 12.8 Å². The molecule has 0 fully saturated rings. The average Bonchev–Trinajstić information content (AvgIpc) is 2.12. The van der Waals surface area contributed by atoms with Gasteiger partial charge in [0.25, 0.3) is 0 Å². The van der Waals surface area contributed by atoms with Gasteiger partial charge in [0.2, 0.25) is 9.05 Å². The van der Waals surface area contributed by atoms with Crippen LogP contribution in [0.15, 0.2) is 22.7 Å². The lowest BCUT2D eigenvalue weighted by Crippen LogP contribution is -2.28. The first-order valence-electron chi connectivity index (χ1n) is 5.09. The summed E-state index contributed by atoms with van der Waals surface area (Å²) in [7, 11) is 1.63. The molecular weight excluding hydrogens is 347 g/mol. The molecule has 0 amide bonds. The van der Waals surface area contributed by atoms with Gasteiger partial charge in [-0.3, -0.25) is 0 Å². The highest BCUT2D eigenvalue weighted by Gasteiger charge is 2.26. The van der Waals surface area contributed by atoms with E-state index >= 15 is 0 Å². The lowest BCUT2D eigenvalue weighted by Gasteiger charge is -2.23. The molecule has 3 nitrogen and oxygen atoms in total. The molecule has 18 heavy (non-hydrogen) atoms. The Kier molecular flexibility index (Phi) is 5.03. The van der Waals surface area contributed by atoms with Crippen molar-refractivity contribution in [3.63, 3.8) is 0 Å². The van der Waals surface area contributed by atoms with E-state index in [1.165, 1.54) is 18.2 Å². The van der Waals surface area contributed by atoms with Crippen LogP contribution in [0.2, 0.25) is 0 Å². The minimum absolute atomic E-state index is 0.156. The predicted molar refractivity (Wildman–Crippen MR) is 73.0 cm³/mol. The second-order valence-electron chi connectivity index (χ2n) is 4.71. The van der Waals surface area contributed by atoms with Gasteiger partial charge in [-0.1, -0.05) is 13.8 Å². The van der Waals surface area contributed by atoms with Crippen molar-refractivity contribution in [1.29, 1.82) is 0 Å². The van der Waals surface area contributed by atoms with Crippen LogP contribution in [0.4, 0.5) is 4.39 Å². The molecule has 0 radical (unpaired) electrons. The zero-order chi connectivity index (χ0) is 14.0. The Hall–Kier alpha value is -0.330. The SMILES string of the molecule is CC(C)(COc1ccc(F)cc1Br)CS(=O)(=O)Cl. The smallest absolute Gasteiger partial charge is 0.233 e. The van der Waals surface area contributed by atoms with Gasteiger partial charge in [-0.05, 0) is 34.1 Å². The van der Waals surface area contributed by atoms with Crippen LogP contribution in [0.25, 0.3) is 0 Å². The first kappa shape index (κ1) is 15.7. The fourth-order valence-electron chi connectivity index (χ4n) is 1.37. The number of halogens is 3. The molecule has 0 aliphatic rings. The molecular formula is C11H13BrClFO3S. The molecule has 0 saturated heterocycles. The third kappa shape index (κ3) is 5.54. The van der Waals surface area contributed by atoms with Crippen molar-refractivity contribution < 1.29 is 17.5 Å². The molecule has 1 rings (SSSR count). The third-order valence-electron chi connectivity index (χ3n) is 2.08. The first-order chi connectivity index (χ1) is 8.09. The van der Waals surface area contributed by atoms with Gasteiger partial charge >= 0.3 is 0 Å². The highest BCUT2D eigenvalue weighted by molar-refractivity contribution is 9.10. The Bertz CT molecular complexity index is 531. The van der Waals surface area contributed by atoms with Gasteiger partial charge < -0.3 is 4.74 Å². The number of ether oxygens (including phenoxy) is 1. The van der Waals surface area contributed by atoms with Crippen molar-refractivity contribution in [3.05, 3.63) is 28.5 Å². The molecule has 0 heterocycles. The molecule has 0 spiro atoms. The third-order valence-corrected chi connectivity index (χ3v) is 4.15. The van der Waals surface area contributed by atoms with Crippen LogP contribution in [0.5, 0.6) is 5.75 Å². The normalized spacial score (nSPS) is 12.5. The minimum atomic E-state index is -3.58. The molecule has 0 unspecified atom stereocenters. The van der Waals surface area contributed by atoms with Gasteiger partial charge in [0.05, 0.1) is 16.8 Å². The minimum Gasteiger partial charge on any atom is -0.492 e. The Morgan fingerprint density at radius 1 is 1.44 bits per heavy atom. The van der Waals surface area contributed by atoms with E-state index in [-0.39, 0.29) is 18.2 Å². The Labute approximate surface area is 119 Å². The summed E-state index contributed by atoms with van der Waals surface area (Å²) in [6.45, 7) is 3.61. The van der Waals surface area contributed by atoms with Crippen LogP contribution >= 0.6 is 26.6 Å². The monoisotopic (exact) mass is 358 g/mol. The molecule has 1 aromatic rings. The molecule has 7 heteroatoms. The fraction of sp³-hybridized carbons (Fsp3) is 0.455. The summed E-state index contributed by atoms with van der Waals surface area (Å²) in [5.41, 5.74) is -0.631. The van der Waals surface area contributed by atoms with Crippen molar-refractivity contribution in [2.45, 2.75) is 13.8 Å². The molecule has 0 bridgehead atoms. The predicted octanol–water partition coefficient (Wildman–Crippen LogP) is 3.56. The van der Waals surface area contributed by atoms with Crippen LogP contribution in [0.3, 0.4) is 0 Å². The Morgan fingerprint density at radius 2 is 2.06 bits per heavy atom. The summed E-state index contributed by atoms with van der Waals surface area (Å²) < 4.78 is 40.8. The maximum Gasteiger partial charge on any atom is 0.233 e. The lowest BCUT2D eigenvalue weighted by atomic mass is 9.98. The lowest BCUT2D eigenvalue weighted by molar-refractivity contribution is 0.199. The second kappa shape index (κ2) is 5.75. The van der Waals surface area contributed by atoms with E-state index in [1.54, 1.807) is 13.8 Å². The van der Waals surface area contributed by atoms with Gasteiger partial charge in [0, 0.05) is 16.1 Å². The van der Waals surface area contributed by atoms with Crippen molar-refractivity contribution >= 4 is 35.7 Å². The van der Waals surface area contributed by atoms with Crippen LogP contribution in [-0.2, 0) is 9.05 Å². The van der Waals surface area contributed by atoms with E-state index in [4.69, 9.17) is 15.4 Å². The highest BCUT2D eigenvalue weighted by atomic mass is 79.9. The molecule has 0 saturated carbocycles. The quantitative estimate of drug-likeness (QED) is 0.755. The van der Waals surface area contributed by atoms with E-state index in [1.807, 2.05) is 0 Å². The van der Waals surface area contributed by atoms with E-state index < -0.39 is 14.5 Å². The summed E-state index contributed by atoms with van der Waals surface area (Å²) in [5.74, 6) is -0.117. The Morgan fingerprint density at radius 3 is 2.56 bits per heavy atom. The maximum absolute atomic E-state index is 12.9. The molecule has 0 atom stereocenters. The summed E-state index contributed by atoms with van der Waals surface area (Å²) in [6.07, 6.45) is 0. The van der Waals surface area contributed by atoms with E-state index in [0.29, 0.717) is 10.2 Å². The van der Waals surface area contributed by atoms with Gasteiger partial charge in [0.1, 0.15) is 11.6 Å². The van der Waals surface area contributed by atoms with Crippen LogP contribution in [0.1, 0.15) is 13.8 Å². The molecule has 0 aromatic heterocycles. The number of benzene rings is 1. The first-order valence-corrected chi connectivity index (χ1v) is 8.36. The number of rotatable bonds is 5. The zero-order valence-electron chi connectivity index (χ0n) is 9.91. The molecule has 0 aliphatic carbocycles. The van der Waals surface area contributed by atoms with Crippen molar-refractivity contribution in [3.8, 4) is 5.75 Å². The molecule has 102 valence electrons. The van der Waals surface area contributed by atoms with Crippen molar-refractivity contribution in [2.75, 3.05) is 12.4 Å². The summed E-state index contributed by atoms with van der Waals surface area (Å²) >= 11 is 3.17. The molecule has 1 aromatic carbocycles. The maximum atomic E-state index is 12.9. The van der Waals surface area contributed by atoms with Crippen LogP contribution in [0, 0.1) is 11.2 Å². The van der Waals surface area contributed by atoms with Gasteiger partial charge in [-0.15, -0.1) is 0 Å². The van der Waals surface area contributed by atoms with E-state index in [2.05, 4.69) is 15.9 Å². The average molecular weight is 360 g/mol. The number of hydrogen-bond acceptors (Lipinski definition) is 3. The van der Waals surface area contributed by atoms with Crippen LogP contribution in [-0.4, -0.2) is 20.8 Å². The summed E-state index contributed by atoms with van der Waals surface area (Å²) in [4.78, 5) is 0. The summed E-state index contributed by atoms with van der Waals surface area (Å²) in [6, 6.07) is 4.02. The number of hydrogen-bond donors (Lipinski definition) is 0. The van der Waals surface area contributed by atoms with Crippen molar-refractivity contribution in [2.24, 2.45) is 5.41 Å². The topological polar surface area (TPSA) is 43.4 Å². The standard InChI is InChI=1S/C11H13BrClFO3S/c1-11(2,7-18(13,15)16)6-17-10-4-3-8(14)5-9(10)12/h3-5H,6-7H2,1-2H3. The second-order valence-corrected chi connectivity index (χ2v) is 8.34. The van der Waals surface area contributed by atoms with Crippen LogP contribution < -0.4 is 4.74 Å².